The summed E-state index contributed by atoms with van der Waals surface area (Å²) >= 11 is 0. The molecule has 1 heterocycles. The average molecular weight is 296 g/mol. The maximum absolute atomic E-state index is 12.9. The van der Waals surface area contributed by atoms with E-state index in [2.05, 4.69) is 5.32 Å². The van der Waals surface area contributed by atoms with Crippen LogP contribution in [0, 0.1) is 0 Å². The summed E-state index contributed by atoms with van der Waals surface area (Å²) in [7, 11) is -3.39. The van der Waals surface area contributed by atoms with Gasteiger partial charge in [-0.1, -0.05) is 26.0 Å². The quantitative estimate of drug-likeness (QED) is 0.873. The molecule has 1 aromatic carbocycles. The van der Waals surface area contributed by atoms with Crippen LogP contribution in [0.15, 0.2) is 29.2 Å². The molecule has 1 atom stereocenters. The number of hydrogen-bond acceptors (Lipinski definition) is 3. The topological polar surface area (TPSA) is 49.4 Å². The summed E-state index contributed by atoms with van der Waals surface area (Å²) < 4.78 is 27.4. The van der Waals surface area contributed by atoms with Gasteiger partial charge >= 0.3 is 0 Å². The highest BCUT2D eigenvalue weighted by Gasteiger charge is 2.32. The lowest BCUT2D eigenvalue weighted by Gasteiger charge is -2.27. The average Bonchev–Trinajstić information content (AvgIpc) is 2.98. The summed E-state index contributed by atoms with van der Waals surface area (Å²) in [4.78, 5) is 0.428. The molecule has 0 aliphatic carbocycles. The molecular weight excluding hydrogens is 272 g/mol. The molecule has 1 aromatic rings. The zero-order valence-corrected chi connectivity index (χ0v) is 13.1. The van der Waals surface area contributed by atoms with Gasteiger partial charge in [0.2, 0.25) is 10.0 Å². The van der Waals surface area contributed by atoms with E-state index in [-0.39, 0.29) is 6.04 Å². The molecule has 1 unspecified atom stereocenters. The molecule has 0 radical (unpaired) electrons. The Hall–Kier alpha value is -0.910. The van der Waals surface area contributed by atoms with Crippen LogP contribution in [0.25, 0.3) is 0 Å². The van der Waals surface area contributed by atoms with Crippen molar-refractivity contribution in [1.29, 1.82) is 0 Å². The van der Waals surface area contributed by atoms with Gasteiger partial charge < -0.3 is 5.32 Å². The third-order valence-electron chi connectivity index (χ3n) is 3.80. The smallest absolute Gasteiger partial charge is 0.243 e. The van der Waals surface area contributed by atoms with E-state index in [0.29, 0.717) is 11.4 Å². The Morgan fingerprint density at radius 2 is 2.15 bits per heavy atom. The fraction of sp³-hybridized carbons (Fsp3) is 0.600. The summed E-state index contributed by atoms with van der Waals surface area (Å²) in [5.74, 6) is 0. The molecule has 1 N–H and O–H groups in total. The molecule has 5 heteroatoms. The first-order valence-corrected chi connectivity index (χ1v) is 8.85. The summed E-state index contributed by atoms with van der Waals surface area (Å²) in [6, 6.07) is 7.41. The van der Waals surface area contributed by atoms with E-state index in [0.717, 1.165) is 37.9 Å². The van der Waals surface area contributed by atoms with Crippen molar-refractivity contribution in [3.63, 3.8) is 0 Å². The maximum Gasteiger partial charge on any atom is 0.243 e. The highest BCUT2D eigenvalue weighted by Crippen LogP contribution is 2.22. The standard InChI is InChI=1S/C15H24N2O2S/c1-3-10-17(14-8-9-16-12-14)20(18,19)15-7-5-6-13(4-2)11-15/h5-7,11,14,16H,3-4,8-10,12H2,1-2H3. The predicted molar refractivity (Wildman–Crippen MR) is 81.3 cm³/mol. The van der Waals surface area contributed by atoms with Crippen molar-refractivity contribution in [2.24, 2.45) is 0 Å². The molecule has 20 heavy (non-hydrogen) atoms. The molecule has 0 aromatic heterocycles. The number of nitrogens with zero attached hydrogens (tertiary/aromatic N) is 1. The number of sulfonamides is 1. The molecule has 4 nitrogen and oxygen atoms in total. The zero-order chi connectivity index (χ0) is 14.6. The summed E-state index contributed by atoms with van der Waals surface area (Å²) in [6.07, 6.45) is 2.58. The third kappa shape index (κ3) is 3.22. The Balaban J connectivity index is 2.33. The van der Waals surface area contributed by atoms with E-state index in [1.54, 1.807) is 16.4 Å². The lowest BCUT2D eigenvalue weighted by atomic mass is 10.2. The van der Waals surface area contributed by atoms with Crippen LogP contribution >= 0.6 is 0 Å². The lowest BCUT2D eigenvalue weighted by molar-refractivity contribution is 0.335. The first kappa shape index (κ1) is 15.5. The van der Waals surface area contributed by atoms with Crippen molar-refractivity contribution < 1.29 is 8.42 Å². The van der Waals surface area contributed by atoms with Gasteiger partial charge in [-0.05, 0) is 43.5 Å². The molecule has 1 aliphatic heterocycles. The van der Waals surface area contributed by atoms with Crippen LogP contribution in [0.3, 0.4) is 0 Å². The van der Waals surface area contributed by atoms with Crippen LogP contribution in [-0.2, 0) is 16.4 Å². The van der Waals surface area contributed by atoms with E-state index in [4.69, 9.17) is 0 Å². The molecule has 1 aliphatic rings. The molecule has 1 fully saturated rings. The van der Waals surface area contributed by atoms with Crippen molar-refractivity contribution >= 4 is 10.0 Å². The summed E-state index contributed by atoms with van der Waals surface area (Å²) in [5.41, 5.74) is 1.06. The second-order valence-corrected chi connectivity index (χ2v) is 7.15. The first-order valence-electron chi connectivity index (χ1n) is 7.41. The van der Waals surface area contributed by atoms with Crippen LogP contribution < -0.4 is 5.32 Å². The minimum Gasteiger partial charge on any atom is -0.315 e. The van der Waals surface area contributed by atoms with Gasteiger partial charge in [-0.25, -0.2) is 8.42 Å². The van der Waals surface area contributed by atoms with Gasteiger partial charge in [0.15, 0.2) is 0 Å². The zero-order valence-electron chi connectivity index (χ0n) is 12.3. The number of aryl methyl sites for hydroxylation is 1. The fourth-order valence-electron chi connectivity index (χ4n) is 2.67. The maximum atomic E-state index is 12.9. The van der Waals surface area contributed by atoms with Crippen LogP contribution in [0.5, 0.6) is 0 Å². The van der Waals surface area contributed by atoms with Crippen LogP contribution in [0.2, 0.25) is 0 Å². The SMILES string of the molecule is CCCN(C1CCNC1)S(=O)(=O)c1cccc(CC)c1. The minimum absolute atomic E-state index is 0.0882. The van der Waals surface area contributed by atoms with Crippen molar-refractivity contribution in [1.82, 2.24) is 9.62 Å². The van der Waals surface area contributed by atoms with E-state index in [1.807, 2.05) is 26.0 Å². The Labute approximate surface area is 122 Å². The van der Waals surface area contributed by atoms with Crippen LogP contribution in [-0.4, -0.2) is 38.4 Å². The van der Waals surface area contributed by atoms with E-state index in [1.165, 1.54) is 0 Å². The van der Waals surface area contributed by atoms with Gasteiger partial charge in [0, 0.05) is 19.1 Å². The Bertz CT molecular complexity index is 537. The molecule has 0 saturated carbocycles. The minimum atomic E-state index is -3.39. The number of benzene rings is 1. The number of nitrogens with one attached hydrogen (secondary N) is 1. The molecule has 1 saturated heterocycles. The van der Waals surface area contributed by atoms with Gasteiger partial charge in [-0.2, -0.15) is 4.31 Å². The number of hydrogen-bond donors (Lipinski definition) is 1. The monoisotopic (exact) mass is 296 g/mol. The molecule has 112 valence electrons. The molecular formula is C15H24N2O2S. The van der Waals surface area contributed by atoms with Crippen molar-refractivity contribution in [3.05, 3.63) is 29.8 Å². The first-order chi connectivity index (χ1) is 9.59. The van der Waals surface area contributed by atoms with E-state index >= 15 is 0 Å². The third-order valence-corrected chi connectivity index (χ3v) is 5.75. The fourth-order valence-corrected chi connectivity index (χ4v) is 4.48. The van der Waals surface area contributed by atoms with Crippen LogP contribution in [0.1, 0.15) is 32.3 Å². The Morgan fingerprint density at radius 1 is 1.35 bits per heavy atom. The lowest BCUT2D eigenvalue weighted by Crippen LogP contribution is -2.42. The normalized spacial score (nSPS) is 19.6. The van der Waals surface area contributed by atoms with Crippen molar-refractivity contribution in [2.45, 2.75) is 44.0 Å². The highest BCUT2D eigenvalue weighted by atomic mass is 32.2. The molecule has 2 rings (SSSR count). The predicted octanol–water partition coefficient (Wildman–Crippen LogP) is 2.01. The largest absolute Gasteiger partial charge is 0.315 e. The molecule has 0 amide bonds. The van der Waals surface area contributed by atoms with Gasteiger partial charge in [0.25, 0.3) is 0 Å². The Morgan fingerprint density at radius 3 is 2.75 bits per heavy atom. The van der Waals surface area contributed by atoms with E-state index in [9.17, 15) is 8.42 Å². The number of rotatable bonds is 6. The highest BCUT2D eigenvalue weighted by molar-refractivity contribution is 7.89. The van der Waals surface area contributed by atoms with Gasteiger partial charge in [0.1, 0.15) is 0 Å². The van der Waals surface area contributed by atoms with E-state index < -0.39 is 10.0 Å². The van der Waals surface area contributed by atoms with Crippen molar-refractivity contribution in [3.8, 4) is 0 Å². The van der Waals surface area contributed by atoms with Crippen molar-refractivity contribution in [2.75, 3.05) is 19.6 Å². The van der Waals surface area contributed by atoms with Gasteiger partial charge in [-0.15, -0.1) is 0 Å². The Kier molecular flexibility index (Phi) is 5.18. The molecule has 0 spiro atoms. The molecule has 0 bridgehead atoms. The van der Waals surface area contributed by atoms with Gasteiger partial charge in [0.05, 0.1) is 4.90 Å². The second kappa shape index (κ2) is 6.70. The summed E-state index contributed by atoms with van der Waals surface area (Å²) in [6.45, 7) is 6.30. The van der Waals surface area contributed by atoms with Gasteiger partial charge in [-0.3, -0.25) is 0 Å². The summed E-state index contributed by atoms with van der Waals surface area (Å²) in [5, 5.41) is 3.25. The van der Waals surface area contributed by atoms with Crippen LogP contribution in [0.4, 0.5) is 0 Å². The second-order valence-electron chi connectivity index (χ2n) is 5.26.